The monoisotopic (exact) mass is 344 g/mol. The van der Waals surface area contributed by atoms with Gasteiger partial charge in [-0.05, 0) is 31.5 Å². The van der Waals surface area contributed by atoms with Crippen molar-refractivity contribution in [2.24, 2.45) is 0 Å². The molecule has 2 aromatic carbocycles. The smallest absolute Gasteiger partial charge is 0.254 e. The molecule has 25 heavy (non-hydrogen) atoms. The Balaban J connectivity index is 1.63. The molecule has 1 heterocycles. The fraction of sp³-hybridized carbons (Fsp3) is 0.350. The first-order valence-electron chi connectivity index (χ1n) is 8.47. The molecule has 0 aromatic heterocycles. The Labute approximate surface area is 146 Å². The second-order valence-electron chi connectivity index (χ2n) is 6.60. The van der Waals surface area contributed by atoms with Gasteiger partial charge < -0.3 is 4.90 Å². The Kier molecular flexibility index (Phi) is 5.13. The molecule has 0 saturated carbocycles. The zero-order chi connectivity index (χ0) is 18.0. The molecule has 0 unspecified atom stereocenters. The maximum Gasteiger partial charge on any atom is 0.254 e. The van der Waals surface area contributed by atoms with Crippen LogP contribution >= 0.6 is 0 Å². The fourth-order valence-corrected chi connectivity index (χ4v) is 3.16. The van der Waals surface area contributed by atoms with Gasteiger partial charge in [-0.25, -0.2) is 8.78 Å². The van der Waals surface area contributed by atoms with Gasteiger partial charge in [0, 0.05) is 43.9 Å². The number of carbonyl (C=O) groups is 1. The van der Waals surface area contributed by atoms with Gasteiger partial charge in [-0.3, -0.25) is 9.69 Å². The number of halogens is 2. The maximum absolute atomic E-state index is 13.8. The Bertz CT molecular complexity index is 783. The van der Waals surface area contributed by atoms with Gasteiger partial charge in [0.15, 0.2) is 11.6 Å². The lowest BCUT2D eigenvalue weighted by Gasteiger charge is -2.35. The minimum absolute atomic E-state index is 0.0396. The highest BCUT2D eigenvalue weighted by atomic mass is 19.2. The summed E-state index contributed by atoms with van der Waals surface area (Å²) in [6, 6.07) is 10.1. The largest absolute Gasteiger partial charge is 0.336 e. The van der Waals surface area contributed by atoms with Gasteiger partial charge in [-0.2, -0.15) is 0 Å². The van der Waals surface area contributed by atoms with Crippen LogP contribution in [-0.4, -0.2) is 41.9 Å². The Morgan fingerprint density at radius 2 is 1.76 bits per heavy atom. The van der Waals surface area contributed by atoms with Crippen molar-refractivity contribution in [3.63, 3.8) is 0 Å². The first-order valence-corrected chi connectivity index (χ1v) is 8.47. The molecule has 5 heteroatoms. The molecule has 1 aliphatic rings. The van der Waals surface area contributed by atoms with Crippen LogP contribution < -0.4 is 0 Å². The van der Waals surface area contributed by atoms with Crippen molar-refractivity contribution < 1.29 is 13.6 Å². The van der Waals surface area contributed by atoms with E-state index in [0.29, 0.717) is 38.3 Å². The van der Waals surface area contributed by atoms with Crippen molar-refractivity contribution in [3.8, 4) is 0 Å². The highest BCUT2D eigenvalue weighted by Crippen LogP contribution is 2.17. The minimum Gasteiger partial charge on any atom is -0.336 e. The molecule has 0 bridgehead atoms. The maximum atomic E-state index is 13.8. The van der Waals surface area contributed by atoms with Gasteiger partial charge in [-0.15, -0.1) is 0 Å². The highest BCUT2D eigenvalue weighted by molar-refractivity contribution is 5.95. The quantitative estimate of drug-likeness (QED) is 0.850. The van der Waals surface area contributed by atoms with E-state index in [0.717, 1.165) is 22.8 Å². The Hall–Kier alpha value is -2.27. The number of rotatable bonds is 3. The van der Waals surface area contributed by atoms with Crippen molar-refractivity contribution in [1.29, 1.82) is 0 Å². The number of aryl methyl sites for hydroxylation is 2. The van der Waals surface area contributed by atoms with E-state index in [1.165, 1.54) is 6.07 Å². The molecule has 1 fully saturated rings. The lowest BCUT2D eigenvalue weighted by Crippen LogP contribution is -2.48. The summed E-state index contributed by atoms with van der Waals surface area (Å²) < 4.78 is 27.1. The van der Waals surface area contributed by atoms with Crippen LogP contribution in [0.25, 0.3) is 0 Å². The zero-order valence-electron chi connectivity index (χ0n) is 14.6. The Morgan fingerprint density at radius 3 is 2.48 bits per heavy atom. The third-order valence-electron chi connectivity index (χ3n) is 4.71. The van der Waals surface area contributed by atoms with Crippen LogP contribution in [0.3, 0.4) is 0 Å². The van der Waals surface area contributed by atoms with E-state index in [-0.39, 0.29) is 5.91 Å². The van der Waals surface area contributed by atoms with E-state index in [1.807, 2.05) is 41.8 Å². The van der Waals surface area contributed by atoms with Crippen LogP contribution in [0.15, 0.2) is 36.4 Å². The summed E-state index contributed by atoms with van der Waals surface area (Å²) in [5.74, 6) is -1.56. The van der Waals surface area contributed by atoms with Gasteiger partial charge in [0.05, 0.1) is 0 Å². The summed E-state index contributed by atoms with van der Waals surface area (Å²) in [7, 11) is 0. The van der Waals surface area contributed by atoms with Crippen LogP contribution in [-0.2, 0) is 6.54 Å². The molecule has 0 spiro atoms. The first kappa shape index (κ1) is 17.5. The second kappa shape index (κ2) is 7.31. The summed E-state index contributed by atoms with van der Waals surface area (Å²) in [5.41, 5.74) is 3.13. The van der Waals surface area contributed by atoms with Gasteiger partial charge in [-0.1, -0.05) is 29.8 Å². The third kappa shape index (κ3) is 3.87. The van der Waals surface area contributed by atoms with E-state index in [9.17, 15) is 13.6 Å². The van der Waals surface area contributed by atoms with E-state index in [1.54, 1.807) is 6.07 Å². The average Bonchev–Trinajstić information content (AvgIpc) is 2.61. The summed E-state index contributed by atoms with van der Waals surface area (Å²) in [4.78, 5) is 16.6. The Morgan fingerprint density at radius 1 is 1.04 bits per heavy atom. The summed E-state index contributed by atoms with van der Waals surface area (Å²) >= 11 is 0. The lowest BCUT2D eigenvalue weighted by molar-refractivity contribution is 0.0626. The van der Waals surface area contributed by atoms with Crippen molar-refractivity contribution in [2.75, 3.05) is 26.2 Å². The fourth-order valence-electron chi connectivity index (χ4n) is 3.16. The van der Waals surface area contributed by atoms with E-state index in [2.05, 4.69) is 0 Å². The SMILES string of the molecule is Cc1ccc(C)c(C(=O)N2CCN(Cc3cccc(F)c3F)CC2)c1. The normalized spacial score (nSPS) is 15.4. The molecule has 132 valence electrons. The van der Waals surface area contributed by atoms with E-state index < -0.39 is 11.6 Å². The molecule has 2 aromatic rings. The molecule has 1 amide bonds. The first-order chi connectivity index (χ1) is 12.0. The van der Waals surface area contributed by atoms with Crippen molar-refractivity contribution in [2.45, 2.75) is 20.4 Å². The molecule has 0 atom stereocenters. The predicted octanol–water partition coefficient (Wildman–Crippen LogP) is 3.54. The molecule has 0 radical (unpaired) electrons. The summed E-state index contributed by atoms with van der Waals surface area (Å²) in [6.45, 7) is 6.73. The molecule has 0 aliphatic carbocycles. The number of hydrogen-bond donors (Lipinski definition) is 0. The number of hydrogen-bond acceptors (Lipinski definition) is 2. The second-order valence-corrected chi connectivity index (χ2v) is 6.60. The molecular formula is C20H22F2N2O. The van der Waals surface area contributed by atoms with Gasteiger partial charge in [0.2, 0.25) is 0 Å². The predicted molar refractivity (Wildman–Crippen MR) is 93.5 cm³/mol. The molecular weight excluding hydrogens is 322 g/mol. The van der Waals surface area contributed by atoms with Crippen molar-refractivity contribution >= 4 is 5.91 Å². The van der Waals surface area contributed by atoms with Gasteiger partial charge in [0.25, 0.3) is 5.91 Å². The van der Waals surface area contributed by atoms with Crippen molar-refractivity contribution in [1.82, 2.24) is 9.80 Å². The average molecular weight is 344 g/mol. The number of piperazine rings is 1. The van der Waals surface area contributed by atoms with Crippen molar-refractivity contribution in [3.05, 3.63) is 70.3 Å². The summed E-state index contributed by atoms with van der Waals surface area (Å²) in [5, 5.41) is 0. The molecule has 1 aliphatic heterocycles. The lowest BCUT2D eigenvalue weighted by atomic mass is 10.0. The third-order valence-corrected chi connectivity index (χ3v) is 4.71. The molecule has 0 N–H and O–H groups in total. The highest BCUT2D eigenvalue weighted by Gasteiger charge is 2.24. The zero-order valence-corrected chi connectivity index (χ0v) is 14.6. The molecule has 3 rings (SSSR count). The number of amides is 1. The summed E-state index contributed by atoms with van der Waals surface area (Å²) in [6.07, 6.45) is 0. The van der Waals surface area contributed by atoms with Crippen LogP contribution in [0.1, 0.15) is 27.0 Å². The van der Waals surface area contributed by atoms with E-state index in [4.69, 9.17) is 0 Å². The minimum atomic E-state index is -0.818. The number of carbonyl (C=O) groups excluding carboxylic acids is 1. The molecule has 1 saturated heterocycles. The standard InChI is InChI=1S/C20H22F2N2O/c1-14-6-7-15(2)17(12-14)20(25)24-10-8-23(9-11-24)13-16-4-3-5-18(21)19(16)22/h3-7,12H,8-11,13H2,1-2H3. The molecule has 3 nitrogen and oxygen atoms in total. The van der Waals surface area contributed by atoms with Gasteiger partial charge >= 0.3 is 0 Å². The van der Waals surface area contributed by atoms with Gasteiger partial charge in [0.1, 0.15) is 0 Å². The van der Waals surface area contributed by atoms with Crippen LogP contribution in [0, 0.1) is 25.5 Å². The topological polar surface area (TPSA) is 23.6 Å². The van der Waals surface area contributed by atoms with Crippen LogP contribution in [0.4, 0.5) is 8.78 Å². The number of nitrogens with zero attached hydrogens (tertiary/aromatic N) is 2. The number of benzene rings is 2. The van der Waals surface area contributed by atoms with Crippen LogP contribution in [0.5, 0.6) is 0 Å². The van der Waals surface area contributed by atoms with Crippen LogP contribution in [0.2, 0.25) is 0 Å². The van der Waals surface area contributed by atoms with E-state index >= 15 is 0 Å².